The van der Waals surface area contributed by atoms with Crippen molar-refractivity contribution >= 4 is 32.4 Å². The predicted octanol–water partition coefficient (Wildman–Crippen LogP) is 3.67. The van der Waals surface area contributed by atoms with E-state index in [1.807, 2.05) is 36.4 Å². The molecule has 0 aliphatic rings. The molecule has 0 aliphatic heterocycles. The molecule has 0 saturated heterocycles. The standard InChI is InChI=1S/C15H13BrN2OS/c1-20(19)14-5-2-11(3-6-14)10-18-15-7-4-13(16)8-12(15)9-17/h2-8,18H,10H2,1H3/t20-/m0/s1. The van der Waals surface area contributed by atoms with E-state index in [9.17, 15) is 4.21 Å². The van der Waals surface area contributed by atoms with Crippen LogP contribution in [-0.2, 0) is 17.3 Å². The zero-order valence-electron chi connectivity index (χ0n) is 10.9. The molecule has 2 rings (SSSR count). The highest BCUT2D eigenvalue weighted by molar-refractivity contribution is 9.10. The third-order valence-electron chi connectivity index (χ3n) is 2.84. The first kappa shape index (κ1) is 14.8. The Morgan fingerprint density at radius 3 is 2.55 bits per heavy atom. The van der Waals surface area contributed by atoms with Crippen LogP contribution in [0.25, 0.3) is 0 Å². The van der Waals surface area contributed by atoms with Gasteiger partial charge in [0.15, 0.2) is 0 Å². The summed E-state index contributed by atoms with van der Waals surface area (Å²) in [7, 11) is -0.954. The SMILES string of the molecule is C[S@](=O)c1ccc(CNc2ccc(Br)cc2C#N)cc1. The van der Waals surface area contributed by atoms with Gasteiger partial charge in [0, 0.05) is 33.0 Å². The first-order valence-electron chi connectivity index (χ1n) is 5.96. The minimum atomic E-state index is -0.954. The van der Waals surface area contributed by atoms with E-state index >= 15 is 0 Å². The van der Waals surface area contributed by atoms with Gasteiger partial charge >= 0.3 is 0 Å². The van der Waals surface area contributed by atoms with Crippen molar-refractivity contribution in [2.24, 2.45) is 0 Å². The summed E-state index contributed by atoms with van der Waals surface area (Å²) in [6.07, 6.45) is 1.66. The van der Waals surface area contributed by atoms with Crippen molar-refractivity contribution in [3.05, 3.63) is 58.1 Å². The van der Waals surface area contributed by atoms with Crippen molar-refractivity contribution in [1.29, 1.82) is 5.26 Å². The fourth-order valence-electron chi connectivity index (χ4n) is 1.76. The van der Waals surface area contributed by atoms with E-state index in [4.69, 9.17) is 5.26 Å². The quantitative estimate of drug-likeness (QED) is 0.916. The molecule has 20 heavy (non-hydrogen) atoms. The predicted molar refractivity (Wildman–Crippen MR) is 85.0 cm³/mol. The molecule has 0 bridgehead atoms. The Hall–Kier alpha value is -1.64. The molecule has 0 radical (unpaired) electrons. The lowest BCUT2D eigenvalue weighted by Gasteiger charge is -2.09. The number of halogens is 1. The number of nitriles is 1. The zero-order valence-corrected chi connectivity index (χ0v) is 13.3. The lowest BCUT2D eigenvalue weighted by molar-refractivity contribution is 0.687. The number of hydrogen-bond acceptors (Lipinski definition) is 3. The van der Waals surface area contributed by atoms with E-state index in [1.165, 1.54) is 0 Å². The number of anilines is 1. The highest BCUT2D eigenvalue weighted by Gasteiger charge is 2.03. The van der Waals surface area contributed by atoms with Crippen LogP contribution < -0.4 is 5.32 Å². The Morgan fingerprint density at radius 2 is 1.95 bits per heavy atom. The van der Waals surface area contributed by atoms with Gasteiger partial charge in [0.1, 0.15) is 6.07 Å². The average molecular weight is 349 g/mol. The molecule has 0 aliphatic carbocycles. The summed E-state index contributed by atoms with van der Waals surface area (Å²) >= 11 is 3.35. The first-order chi connectivity index (χ1) is 9.60. The minimum absolute atomic E-state index is 0.602. The first-order valence-corrected chi connectivity index (χ1v) is 8.31. The van der Waals surface area contributed by atoms with Gasteiger partial charge in [0.2, 0.25) is 0 Å². The summed E-state index contributed by atoms with van der Waals surface area (Å²) in [5, 5.41) is 12.3. The number of hydrogen-bond donors (Lipinski definition) is 1. The van der Waals surface area contributed by atoms with Gasteiger partial charge in [-0.05, 0) is 35.9 Å². The van der Waals surface area contributed by atoms with Gasteiger partial charge in [-0.15, -0.1) is 0 Å². The second kappa shape index (κ2) is 6.69. The third kappa shape index (κ3) is 3.69. The maximum atomic E-state index is 11.3. The molecule has 0 saturated carbocycles. The highest BCUT2D eigenvalue weighted by Crippen LogP contribution is 2.21. The van der Waals surface area contributed by atoms with Gasteiger partial charge < -0.3 is 5.32 Å². The maximum absolute atomic E-state index is 11.3. The fourth-order valence-corrected chi connectivity index (χ4v) is 2.64. The summed E-state index contributed by atoms with van der Waals surface area (Å²) < 4.78 is 12.2. The summed E-state index contributed by atoms with van der Waals surface area (Å²) in [6, 6.07) is 15.3. The Morgan fingerprint density at radius 1 is 1.25 bits per heavy atom. The fraction of sp³-hybridized carbons (Fsp3) is 0.133. The van der Waals surface area contributed by atoms with Crippen LogP contribution in [0.2, 0.25) is 0 Å². The van der Waals surface area contributed by atoms with E-state index in [0.29, 0.717) is 12.1 Å². The lowest BCUT2D eigenvalue weighted by atomic mass is 10.1. The van der Waals surface area contributed by atoms with Crippen LogP contribution >= 0.6 is 15.9 Å². The van der Waals surface area contributed by atoms with Crippen LogP contribution in [0.1, 0.15) is 11.1 Å². The molecule has 0 aromatic heterocycles. The second-order valence-electron chi connectivity index (χ2n) is 4.25. The number of benzene rings is 2. The molecule has 2 aromatic carbocycles. The molecule has 2 aromatic rings. The van der Waals surface area contributed by atoms with Crippen molar-refractivity contribution < 1.29 is 4.21 Å². The van der Waals surface area contributed by atoms with Gasteiger partial charge in [-0.2, -0.15) is 5.26 Å². The molecule has 0 heterocycles. The van der Waals surface area contributed by atoms with Crippen LogP contribution in [0.3, 0.4) is 0 Å². The van der Waals surface area contributed by atoms with E-state index in [1.54, 1.807) is 12.3 Å². The van der Waals surface area contributed by atoms with Crippen LogP contribution in [-0.4, -0.2) is 10.5 Å². The van der Waals surface area contributed by atoms with Gasteiger partial charge in [0.05, 0.1) is 11.3 Å². The molecule has 1 atom stereocenters. The summed E-state index contributed by atoms with van der Waals surface area (Å²) in [5.41, 5.74) is 2.48. The second-order valence-corrected chi connectivity index (χ2v) is 6.55. The molecule has 0 fully saturated rings. The van der Waals surface area contributed by atoms with E-state index in [-0.39, 0.29) is 0 Å². The molecule has 102 valence electrons. The summed E-state index contributed by atoms with van der Waals surface area (Å²) in [4.78, 5) is 0.815. The van der Waals surface area contributed by atoms with Crippen LogP contribution in [0.4, 0.5) is 5.69 Å². The van der Waals surface area contributed by atoms with E-state index < -0.39 is 10.8 Å². The number of rotatable bonds is 4. The van der Waals surface area contributed by atoms with Crippen molar-refractivity contribution in [3.63, 3.8) is 0 Å². The maximum Gasteiger partial charge on any atom is 0.101 e. The third-order valence-corrected chi connectivity index (χ3v) is 4.27. The van der Waals surface area contributed by atoms with Crippen molar-refractivity contribution in [2.75, 3.05) is 11.6 Å². The molecule has 0 unspecified atom stereocenters. The van der Waals surface area contributed by atoms with Crippen LogP contribution in [0.15, 0.2) is 51.8 Å². The number of nitrogens with zero attached hydrogens (tertiary/aromatic N) is 1. The smallest absolute Gasteiger partial charge is 0.101 e. The highest BCUT2D eigenvalue weighted by atomic mass is 79.9. The average Bonchev–Trinajstić information content (AvgIpc) is 2.46. The monoisotopic (exact) mass is 348 g/mol. The molecule has 1 N–H and O–H groups in total. The molecule has 5 heteroatoms. The van der Waals surface area contributed by atoms with E-state index in [2.05, 4.69) is 27.3 Å². The van der Waals surface area contributed by atoms with E-state index in [0.717, 1.165) is 20.6 Å². The number of nitrogens with one attached hydrogen (secondary N) is 1. The van der Waals surface area contributed by atoms with Crippen molar-refractivity contribution in [2.45, 2.75) is 11.4 Å². The topological polar surface area (TPSA) is 52.9 Å². The molecule has 3 nitrogen and oxygen atoms in total. The molecule has 0 spiro atoms. The normalized spacial score (nSPS) is 11.7. The Labute approximate surface area is 129 Å². The Kier molecular flexibility index (Phi) is 4.94. The summed E-state index contributed by atoms with van der Waals surface area (Å²) in [6.45, 7) is 0.618. The van der Waals surface area contributed by atoms with Gasteiger partial charge in [-0.25, -0.2) is 0 Å². The molecular formula is C15H13BrN2OS. The minimum Gasteiger partial charge on any atom is -0.380 e. The largest absolute Gasteiger partial charge is 0.380 e. The van der Waals surface area contributed by atoms with Crippen molar-refractivity contribution in [3.8, 4) is 6.07 Å². The Bertz CT molecular complexity index is 677. The van der Waals surface area contributed by atoms with Crippen molar-refractivity contribution in [1.82, 2.24) is 0 Å². The Balaban J connectivity index is 2.09. The van der Waals surface area contributed by atoms with Gasteiger partial charge in [-0.1, -0.05) is 28.1 Å². The van der Waals surface area contributed by atoms with Gasteiger partial charge in [0.25, 0.3) is 0 Å². The molecule has 0 amide bonds. The lowest BCUT2D eigenvalue weighted by Crippen LogP contribution is -2.01. The van der Waals surface area contributed by atoms with Crippen LogP contribution in [0, 0.1) is 11.3 Å². The molecular weight excluding hydrogens is 336 g/mol. The zero-order chi connectivity index (χ0) is 14.5. The summed E-state index contributed by atoms with van der Waals surface area (Å²) in [5.74, 6) is 0. The van der Waals surface area contributed by atoms with Crippen LogP contribution in [0.5, 0.6) is 0 Å². The van der Waals surface area contributed by atoms with Gasteiger partial charge in [-0.3, -0.25) is 4.21 Å².